The maximum absolute atomic E-state index is 12.1. The van der Waals surface area contributed by atoms with Crippen LogP contribution in [-0.4, -0.2) is 23.8 Å². The second-order valence-corrected chi connectivity index (χ2v) is 9.26. The Morgan fingerprint density at radius 1 is 0.842 bits per heavy atom. The molecule has 1 amide bonds. The van der Waals surface area contributed by atoms with E-state index in [1.165, 1.54) is 0 Å². The third-order valence-electron chi connectivity index (χ3n) is 6.65. The van der Waals surface area contributed by atoms with Crippen molar-refractivity contribution in [3.05, 3.63) is 96.6 Å². The van der Waals surface area contributed by atoms with Gasteiger partial charge in [-0.15, -0.1) is 0 Å². The summed E-state index contributed by atoms with van der Waals surface area (Å²) in [6.45, 7) is 2.31. The van der Waals surface area contributed by atoms with Crippen molar-refractivity contribution >= 4 is 34.0 Å². The van der Waals surface area contributed by atoms with Gasteiger partial charge in [0.25, 0.3) is 0 Å². The Morgan fingerprint density at radius 3 is 2.21 bits per heavy atom. The molecule has 1 aromatic heterocycles. The van der Waals surface area contributed by atoms with Gasteiger partial charge in [0.05, 0.1) is 19.1 Å². The number of unbranched alkanes of at least 4 members (excludes halogenated alkanes) is 1. The number of ether oxygens (including phenoxy) is 1. The van der Waals surface area contributed by atoms with Crippen molar-refractivity contribution < 1.29 is 23.8 Å². The van der Waals surface area contributed by atoms with Crippen LogP contribution in [0.3, 0.4) is 0 Å². The number of aliphatic carboxylic acids is 1. The van der Waals surface area contributed by atoms with E-state index >= 15 is 0 Å². The first-order valence-corrected chi connectivity index (χ1v) is 12.8. The molecule has 0 aliphatic carbocycles. The fourth-order valence-electron chi connectivity index (χ4n) is 4.64. The summed E-state index contributed by atoms with van der Waals surface area (Å²) in [4.78, 5) is 23.5. The van der Waals surface area contributed by atoms with E-state index in [1.54, 1.807) is 0 Å². The Balaban J connectivity index is 1.35. The normalized spacial score (nSPS) is 11.9. The van der Waals surface area contributed by atoms with Gasteiger partial charge in [0.2, 0.25) is 0 Å². The minimum atomic E-state index is -0.997. The fourth-order valence-corrected chi connectivity index (χ4v) is 4.64. The SMILES string of the molecule is CCCCOC(=O)NC(CC(=O)O)c1ccc(-c2ccc(-c3cccc4c3oc3ccccc34)cc2)cc1. The predicted octanol–water partition coefficient (Wildman–Crippen LogP) is 7.96. The second-order valence-electron chi connectivity index (χ2n) is 9.26. The second kappa shape index (κ2) is 11.2. The third-order valence-corrected chi connectivity index (χ3v) is 6.65. The first-order chi connectivity index (χ1) is 18.5. The van der Waals surface area contributed by atoms with Gasteiger partial charge in [0.15, 0.2) is 0 Å². The minimum absolute atomic E-state index is 0.232. The molecule has 0 radical (unpaired) electrons. The first kappa shape index (κ1) is 25.1. The monoisotopic (exact) mass is 507 g/mol. The standard InChI is InChI=1S/C32H29NO5/c1-2-3-19-37-32(36)33-28(20-30(34)35)24-17-13-22(14-18-24)21-11-15-23(16-12-21)25-8-6-9-27-26-7-4-5-10-29(26)38-31(25)27/h4-18,28H,2-3,19-20H2,1H3,(H,33,36)(H,34,35). The number of carboxylic acid groups (broad SMARTS) is 1. The lowest BCUT2D eigenvalue weighted by atomic mass is 9.97. The number of nitrogens with one attached hydrogen (secondary N) is 1. The summed E-state index contributed by atoms with van der Waals surface area (Å²) in [5.41, 5.74) is 6.56. The molecule has 5 aromatic rings. The van der Waals surface area contributed by atoms with Crippen LogP contribution in [-0.2, 0) is 9.53 Å². The summed E-state index contributed by atoms with van der Waals surface area (Å²) in [6, 6.07) is 29.4. The number of amides is 1. The summed E-state index contributed by atoms with van der Waals surface area (Å²) in [7, 11) is 0. The van der Waals surface area contributed by atoms with E-state index in [0.717, 1.165) is 57.0 Å². The highest BCUT2D eigenvalue weighted by Crippen LogP contribution is 2.36. The largest absolute Gasteiger partial charge is 0.481 e. The summed E-state index contributed by atoms with van der Waals surface area (Å²) in [5.74, 6) is -0.997. The number of rotatable bonds is 9. The van der Waals surface area contributed by atoms with Gasteiger partial charge in [-0.05, 0) is 34.7 Å². The average Bonchev–Trinajstić information content (AvgIpc) is 3.32. The number of carboxylic acids is 1. The lowest BCUT2D eigenvalue weighted by Gasteiger charge is -2.18. The molecule has 38 heavy (non-hydrogen) atoms. The molecule has 0 fully saturated rings. The van der Waals surface area contributed by atoms with Crippen molar-refractivity contribution in [1.29, 1.82) is 0 Å². The molecule has 0 aliphatic heterocycles. The number of para-hydroxylation sites is 2. The van der Waals surface area contributed by atoms with Crippen LogP contribution in [0.5, 0.6) is 0 Å². The molecule has 6 nitrogen and oxygen atoms in total. The van der Waals surface area contributed by atoms with Crippen molar-refractivity contribution in [3.8, 4) is 22.3 Å². The highest BCUT2D eigenvalue weighted by Gasteiger charge is 2.19. The molecule has 0 saturated carbocycles. The number of fused-ring (bicyclic) bond motifs is 3. The van der Waals surface area contributed by atoms with Gasteiger partial charge in [0.1, 0.15) is 11.2 Å². The predicted molar refractivity (Wildman–Crippen MR) is 149 cm³/mol. The van der Waals surface area contributed by atoms with E-state index in [1.807, 2.05) is 55.5 Å². The molecule has 192 valence electrons. The van der Waals surface area contributed by atoms with Gasteiger partial charge in [-0.2, -0.15) is 0 Å². The Bertz CT molecular complexity index is 1570. The maximum Gasteiger partial charge on any atom is 0.407 e. The van der Waals surface area contributed by atoms with Crippen LogP contribution >= 0.6 is 0 Å². The van der Waals surface area contributed by atoms with Crippen molar-refractivity contribution in [2.75, 3.05) is 6.61 Å². The summed E-state index contributed by atoms with van der Waals surface area (Å²) >= 11 is 0. The number of carbonyl (C=O) groups excluding carboxylic acids is 1. The molecular weight excluding hydrogens is 478 g/mol. The van der Waals surface area contributed by atoms with Crippen molar-refractivity contribution in [2.24, 2.45) is 0 Å². The zero-order valence-corrected chi connectivity index (χ0v) is 21.1. The number of hydrogen-bond donors (Lipinski definition) is 2. The number of alkyl carbamates (subject to hydrolysis) is 1. The lowest BCUT2D eigenvalue weighted by molar-refractivity contribution is -0.137. The fraction of sp³-hybridized carbons (Fsp3) is 0.188. The van der Waals surface area contributed by atoms with E-state index in [9.17, 15) is 14.7 Å². The maximum atomic E-state index is 12.1. The number of hydrogen-bond acceptors (Lipinski definition) is 4. The van der Waals surface area contributed by atoms with Gasteiger partial charge < -0.3 is 19.6 Å². The molecule has 2 N–H and O–H groups in total. The van der Waals surface area contributed by atoms with Crippen LogP contribution < -0.4 is 5.32 Å². The Morgan fingerprint density at radius 2 is 1.50 bits per heavy atom. The molecule has 1 atom stereocenters. The van der Waals surface area contributed by atoms with E-state index < -0.39 is 18.1 Å². The Hall–Kier alpha value is -4.58. The molecule has 0 saturated heterocycles. The van der Waals surface area contributed by atoms with Gasteiger partial charge in [0, 0.05) is 16.3 Å². The van der Waals surface area contributed by atoms with E-state index in [0.29, 0.717) is 12.2 Å². The number of benzene rings is 4. The molecule has 0 spiro atoms. The molecule has 0 aliphatic rings. The molecular formula is C32H29NO5. The van der Waals surface area contributed by atoms with Crippen LogP contribution in [0.2, 0.25) is 0 Å². The molecule has 4 aromatic carbocycles. The summed E-state index contributed by atoms with van der Waals surface area (Å²) in [5, 5.41) is 14.2. The summed E-state index contributed by atoms with van der Waals surface area (Å²) in [6.07, 6.45) is 0.829. The van der Waals surface area contributed by atoms with Crippen molar-refractivity contribution in [1.82, 2.24) is 5.32 Å². The van der Waals surface area contributed by atoms with Gasteiger partial charge in [-0.3, -0.25) is 4.79 Å². The van der Waals surface area contributed by atoms with Gasteiger partial charge in [-0.1, -0.05) is 98.3 Å². The molecule has 1 heterocycles. The molecule has 1 unspecified atom stereocenters. The number of carbonyl (C=O) groups is 2. The van der Waals surface area contributed by atoms with E-state index in [2.05, 4.69) is 47.8 Å². The first-order valence-electron chi connectivity index (χ1n) is 12.8. The zero-order chi connectivity index (χ0) is 26.5. The van der Waals surface area contributed by atoms with Crippen molar-refractivity contribution in [3.63, 3.8) is 0 Å². The smallest absolute Gasteiger partial charge is 0.407 e. The Kier molecular flexibility index (Phi) is 7.40. The quantitative estimate of drug-likeness (QED) is 0.198. The number of furan rings is 1. The third kappa shape index (κ3) is 5.39. The van der Waals surface area contributed by atoms with Crippen LogP contribution in [0.1, 0.15) is 37.8 Å². The van der Waals surface area contributed by atoms with Gasteiger partial charge >= 0.3 is 12.1 Å². The zero-order valence-electron chi connectivity index (χ0n) is 21.1. The highest BCUT2D eigenvalue weighted by atomic mass is 16.5. The van der Waals surface area contributed by atoms with Gasteiger partial charge in [-0.25, -0.2) is 4.79 Å². The van der Waals surface area contributed by atoms with E-state index in [4.69, 9.17) is 9.15 Å². The lowest BCUT2D eigenvalue weighted by Crippen LogP contribution is -2.31. The van der Waals surface area contributed by atoms with Crippen molar-refractivity contribution in [2.45, 2.75) is 32.2 Å². The molecule has 6 heteroatoms. The average molecular weight is 508 g/mol. The molecule has 5 rings (SSSR count). The minimum Gasteiger partial charge on any atom is -0.481 e. The van der Waals surface area contributed by atoms with Crippen LogP contribution in [0.25, 0.3) is 44.2 Å². The summed E-state index contributed by atoms with van der Waals surface area (Å²) < 4.78 is 11.3. The highest BCUT2D eigenvalue weighted by molar-refractivity contribution is 6.09. The van der Waals surface area contributed by atoms with Crippen LogP contribution in [0.15, 0.2) is 95.4 Å². The topological polar surface area (TPSA) is 88.8 Å². The Labute approximate surface area is 220 Å². The molecule has 0 bridgehead atoms. The van der Waals surface area contributed by atoms with Crippen LogP contribution in [0, 0.1) is 0 Å². The van der Waals surface area contributed by atoms with E-state index in [-0.39, 0.29) is 6.42 Å². The van der Waals surface area contributed by atoms with Crippen LogP contribution in [0.4, 0.5) is 4.79 Å².